The molecule has 0 aliphatic heterocycles. The Bertz CT molecular complexity index is 1190. The fourth-order valence-corrected chi connectivity index (χ4v) is 4.71. The third-order valence-corrected chi connectivity index (χ3v) is 6.19. The van der Waals surface area contributed by atoms with Crippen molar-refractivity contribution in [3.05, 3.63) is 62.5 Å². The van der Waals surface area contributed by atoms with Gasteiger partial charge in [0.1, 0.15) is 11.4 Å². The summed E-state index contributed by atoms with van der Waals surface area (Å²) >= 11 is 1.58. The van der Waals surface area contributed by atoms with Crippen molar-refractivity contribution < 1.29 is 14.3 Å². The van der Waals surface area contributed by atoms with Gasteiger partial charge in [-0.3, -0.25) is 14.2 Å². The van der Waals surface area contributed by atoms with Crippen LogP contribution in [-0.2, 0) is 28.9 Å². The van der Waals surface area contributed by atoms with Crippen molar-refractivity contribution in [2.24, 2.45) is 5.10 Å². The number of fused-ring (bicyclic) bond motifs is 3. The number of hydrogen-bond donors (Lipinski definition) is 1. The van der Waals surface area contributed by atoms with E-state index >= 15 is 0 Å². The average Bonchev–Trinajstić information content (AvgIpc) is 3.15. The van der Waals surface area contributed by atoms with Gasteiger partial charge < -0.3 is 4.74 Å². The number of thiophene rings is 1. The molecule has 1 amide bonds. The molecule has 1 aliphatic carbocycles. The normalized spacial score (nSPS) is 13.4. The third kappa shape index (κ3) is 4.02. The van der Waals surface area contributed by atoms with Crippen molar-refractivity contribution in [1.29, 1.82) is 0 Å². The number of rotatable bonds is 5. The topological polar surface area (TPSA) is 103 Å². The summed E-state index contributed by atoms with van der Waals surface area (Å²) in [6.45, 7) is -0.162. The van der Waals surface area contributed by atoms with E-state index in [1.165, 1.54) is 29.1 Å². The van der Waals surface area contributed by atoms with Gasteiger partial charge in [-0.05, 0) is 48.9 Å². The van der Waals surface area contributed by atoms with Crippen molar-refractivity contribution in [3.63, 3.8) is 0 Å². The molecule has 154 valence electrons. The molecule has 1 aromatic carbocycles. The van der Waals surface area contributed by atoms with E-state index in [1.807, 2.05) is 0 Å². The first-order valence-corrected chi connectivity index (χ1v) is 10.4. The molecule has 8 nitrogen and oxygen atoms in total. The zero-order valence-corrected chi connectivity index (χ0v) is 17.2. The molecule has 0 fully saturated rings. The van der Waals surface area contributed by atoms with Crippen LogP contribution in [0.4, 0.5) is 0 Å². The molecular weight excluding hydrogens is 404 g/mol. The first-order chi connectivity index (χ1) is 14.6. The van der Waals surface area contributed by atoms with Crippen molar-refractivity contribution in [1.82, 2.24) is 15.0 Å². The molecule has 3 aromatic rings. The van der Waals surface area contributed by atoms with Crippen LogP contribution in [0.2, 0.25) is 0 Å². The number of aryl methyl sites for hydroxylation is 2. The molecule has 0 radical (unpaired) electrons. The molecule has 0 saturated carbocycles. The third-order valence-electron chi connectivity index (χ3n) is 4.99. The van der Waals surface area contributed by atoms with Crippen LogP contribution >= 0.6 is 11.3 Å². The van der Waals surface area contributed by atoms with Crippen LogP contribution in [0.1, 0.15) is 39.2 Å². The molecule has 0 saturated heterocycles. The Morgan fingerprint density at radius 2 is 2.03 bits per heavy atom. The smallest absolute Gasteiger partial charge is 0.337 e. The van der Waals surface area contributed by atoms with Gasteiger partial charge in [-0.1, -0.05) is 12.1 Å². The molecule has 0 unspecified atom stereocenters. The van der Waals surface area contributed by atoms with Crippen molar-refractivity contribution >= 4 is 39.6 Å². The van der Waals surface area contributed by atoms with E-state index in [-0.39, 0.29) is 12.1 Å². The lowest BCUT2D eigenvalue weighted by atomic mass is 9.97. The highest BCUT2D eigenvalue weighted by Gasteiger charge is 2.20. The van der Waals surface area contributed by atoms with Crippen LogP contribution in [-0.4, -0.2) is 34.8 Å². The molecule has 2 aromatic heterocycles. The number of hydrogen-bond acceptors (Lipinski definition) is 7. The van der Waals surface area contributed by atoms with Crippen LogP contribution in [0.25, 0.3) is 10.2 Å². The average molecular weight is 424 g/mol. The maximum Gasteiger partial charge on any atom is 0.337 e. The molecule has 9 heteroatoms. The number of benzene rings is 1. The van der Waals surface area contributed by atoms with Gasteiger partial charge in [0.25, 0.3) is 11.5 Å². The van der Waals surface area contributed by atoms with E-state index in [2.05, 4.69) is 20.2 Å². The van der Waals surface area contributed by atoms with Gasteiger partial charge in [0.05, 0.1) is 30.6 Å². The van der Waals surface area contributed by atoms with Crippen LogP contribution in [0.3, 0.4) is 0 Å². The number of nitrogens with zero attached hydrogens (tertiary/aromatic N) is 3. The van der Waals surface area contributed by atoms with Crippen molar-refractivity contribution in [2.75, 3.05) is 7.11 Å². The number of ether oxygens (including phenoxy) is 1. The number of carbonyl (C=O) groups is 2. The Kier molecular flexibility index (Phi) is 5.71. The van der Waals surface area contributed by atoms with E-state index in [1.54, 1.807) is 35.6 Å². The molecule has 1 N–H and O–H groups in total. The lowest BCUT2D eigenvalue weighted by Crippen LogP contribution is -2.30. The highest BCUT2D eigenvalue weighted by molar-refractivity contribution is 7.18. The quantitative estimate of drug-likeness (QED) is 0.385. The minimum Gasteiger partial charge on any atom is -0.465 e. The van der Waals surface area contributed by atoms with E-state index in [4.69, 9.17) is 0 Å². The lowest BCUT2D eigenvalue weighted by molar-refractivity contribution is -0.121. The van der Waals surface area contributed by atoms with E-state index in [9.17, 15) is 14.4 Å². The fourth-order valence-electron chi connectivity index (χ4n) is 3.49. The molecular formula is C21H20N4O4S. The zero-order valence-electron chi connectivity index (χ0n) is 16.4. The number of hydrazone groups is 1. The van der Waals surface area contributed by atoms with E-state index in [0.717, 1.165) is 36.1 Å². The molecule has 4 rings (SSSR count). The number of methoxy groups -OCH3 is 1. The highest BCUT2D eigenvalue weighted by Crippen LogP contribution is 2.33. The Morgan fingerprint density at radius 1 is 1.27 bits per heavy atom. The molecule has 2 heterocycles. The van der Waals surface area contributed by atoms with Gasteiger partial charge in [0.15, 0.2) is 0 Å². The van der Waals surface area contributed by atoms with Crippen LogP contribution in [0, 0.1) is 0 Å². The first-order valence-electron chi connectivity index (χ1n) is 9.57. The minimum atomic E-state index is -0.426. The summed E-state index contributed by atoms with van der Waals surface area (Å²) in [5.74, 6) is -0.848. The van der Waals surface area contributed by atoms with Gasteiger partial charge in [0, 0.05) is 4.88 Å². The number of carbonyl (C=O) groups excluding carboxylic acids is 2. The standard InChI is InChI=1S/C21H20N4O4S/c1-29-21(28)14-8-6-13(7-9-14)10-23-24-17(26)11-25-12-22-19-18(20(25)27)15-4-2-3-5-16(15)30-19/h6-10,12H,2-5,11H2,1H3,(H,24,26)/b23-10-. The maximum absolute atomic E-state index is 12.9. The predicted molar refractivity (Wildman–Crippen MR) is 114 cm³/mol. The second-order valence-electron chi connectivity index (χ2n) is 6.98. The summed E-state index contributed by atoms with van der Waals surface area (Å²) in [4.78, 5) is 42.9. The van der Waals surface area contributed by atoms with Crippen LogP contribution < -0.4 is 11.0 Å². The lowest BCUT2D eigenvalue weighted by Gasteiger charge is -2.10. The largest absolute Gasteiger partial charge is 0.465 e. The number of nitrogens with one attached hydrogen (secondary N) is 1. The predicted octanol–water partition coefficient (Wildman–Crippen LogP) is 2.27. The monoisotopic (exact) mass is 424 g/mol. The number of amides is 1. The fraction of sp³-hybridized carbons (Fsp3) is 0.286. The van der Waals surface area contributed by atoms with Gasteiger partial charge in [0.2, 0.25) is 0 Å². The van der Waals surface area contributed by atoms with Crippen molar-refractivity contribution in [3.8, 4) is 0 Å². The summed E-state index contributed by atoms with van der Waals surface area (Å²) in [7, 11) is 1.32. The SMILES string of the molecule is COC(=O)c1ccc(/C=N\NC(=O)Cn2cnc3sc4c(c3c2=O)CCCC4)cc1. The van der Waals surface area contributed by atoms with Crippen LogP contribution in [0.5, 0.6) is 0 Å². The molecule has 0 bridgehead atoms. The summed E-state index contributed by atoms with van der Waals surface area (Å²) < 4.78 is 5.96. The number of aromatic nitrogens is 2. The minimum absolute atomic E-state index is 0.162. The Labute approximate surface area is 176 Å². The Balaban J connectivity index is 1.43. The second kappa shape index (κ2) is 8.58. The highest BCUT2D eigenvalue weighted by atomic mass is 32.1. The first kappa shape index (κ1) is 20.0. The van der Waals surface area contributed by atoms with Crippen molar-refractivity contribution in [2.45, 2.75) is 32.2 Å². The molecule has 0 atom stereocenters. The molecule has 30 heavy (non-hydrogen) atoms. The molecule has 0 spiro atoms. The zero-order chi connectivity index (χ0) is 21.1. The van der Waals surface area contributed by atoms with Gasteiger partial charge in [-0.25, -0.2) is 15.2 Å². The molecule has 1 aliphatic rings. The van der Waals surface area contributed by atoms with E-state index < -0.39 is 11.9 Å². The van der Waals surface area contributed by atoms with E-state index in [0.29, 0.717) is 16.5 Å². The summed E-state index contributed by atoms with van der Waals surface area (Å²) in [6.07, 6.45) is 6.97. The van der Waals surface area contributed by atoms with Gasteiger partial charge >= 0.3 is 5.97 Å². The van der Waals surface area contributed by atoms with Gasteiger partial charge in [-0.15, -0.1) is 11.3 Å². The number of esters is 1. The van der Waals surface area contributed by atoms with Crippen LogP contribution in [0.15, 0.2) is 40.5 Å². The summed E-state index contributed by atoms with van der Waals surface area (Å²) in [6, 6.07) is 6.59. The Hall–Kier alpha value is -3.33. The Morgan fingerprint density at radius 3 is 2.80 bits per heavy atom. The second-order valence-corrected chi connectivity index (χ2v) is 8.06. The van der Waals surface area contributed by atoms with Gasteiger partial charge in [-0.2, -0.15) is 5.10 Å². The summed E-state index contributed by atoms with van der Waals surface area (Å²) in [5.41, 5.74) is 4.46. The summed E-state index contributed by atoms with van der Waals surface area (Å²) in [5, 5.41) is 4.56. The maximum atomic E-state index is 12.9.